The van der Waals surface area contributed by atoms with E-state index in [0.29, 0.717) is 48.8 Å². The minimum absolute atomic E-state index is 0.181. The van der Waals surface area contributed by atoms with Crippen LogP contribution in [0.15, 0.2) is 42.5 Å². The van der Waals surface area contributed by atoms with Gasteiger partial charge in [0.25, 0.3) is 0 Å². The molecule has 0 aromatic heterocycles. The second-order valence-corrected chi connectivity index (χ2v) is 5.87. The smallest absolute Gasteiger partial charge is 0.235 e. The molecule has 1 saturated carbocycles. The summed E-state index contributed by atoms with van der Waals surface area (Å²) in [4.78, 5) is 12.7. The first-order valence-corrected chi connectivity index (χ1v) is 7.65. The van der Waals surface area contributed by atoms with Gasteiger partial charge in [0, 0.05) is 17.3 Å². The maximum absolute atomic E-state index is 14.0. The lowest BCUT2D eigenvalue weighted by atomic mass is 9.94. The molecule has 1 N–H and O–H groups in total. The molecule has 0 radical (unpaired) electrons. The lowest BCUT2D eigenvalue weighted by Crippen LogP contribution is -2.28. The Balaban J connectivity index is 1.57. The Kier molecular flexibility index (Phi) is 3.22. The zero-order valence-corrected chi connectivity index (χ0v) is 12.5. The summed E-state index contributed by atoms with van der Waals surface area (Å²) < 4.78 is 25.0. The van der Waals surface area contributed by atoms with Gasteiger partial charge in [0.2, 0.25) is 5.91 Å². The molecule has 1 aliphatic carbocycles. The van der Waals surface area contributed by atoms with Crippen LogP contribution in [0.3, 0.4) is 0 Å². The standard InChI is InChI=1S/C18H16FNO3/c19-14-4-2-1-3-13(14)18(7-8-18)17(21)20-12-5-6-15-16(11-12)23-10-9-22-15/h1-6,11H,7-10H2,(H,20,21). The minimum Gasteiger partial charge on any atom is -0.486 e. The molecule has 4 rings (SSSR count). The number of hydrogen-bond acceptors (Lipinski definition) is 3. The van der Waals surface area contributed by atoms with Crippen molar-refractivity contribution >= 4 is 11.6 Å². The lowest BCUT2D eigenvalue weighted by Gasteiger charge is -2.20. The molecular formula is C18H16FNO3. The van der Waals surface area contributed by atoms with Gasteiger partial charge in [0.1, 0.15) is 19.0 Å². The van der Waals surface area contributed by atoms with Crippen LogP contribution in [0.5, 0.6) is 11.5 Å². The van der Waals surface area contributed by atoms with E-state index in [1.54, 1.807) is 36.4 Å². The summed E-state index contributed by atoms with van der Waals surface area (Å²) in [6.07, 6.45) is 1.31. The molecule has 4 nitrogen and oxygen atoms in total. The SMILES string of the molecule is O=C(Nc1ccc2c(c1)OCCO2)C1(c2ccccc2F)CC1. The summed E-state index contributed by atoms with van der Waals surface area (Å²) in [6.45, 7) is 1.01. The predicted molar refractivity (Wildman–Crippen MR) is 83.4 cm³/mol. The maximum Gasteiger partial charge on any atom is 0.235 e. The van der Waals surface area contributed by atoms with E-state index in [1.165, 1.54) is 6.07 Å². The number of anilines is 1. The van der Waals surface area contributed by atoms with Crippen molar-refractivity contribution in [2.45, 2.75) is 18.3 Å². The van der Waals surface area contributed by atoms with E-state index >= 15 is 0 Å². The number of benzene rings is 2. The van der Waals surface area contributed by atoms with Crippen LogP contribution in [0.1, 0.15) is 18.4 Å². The molecule has 1 amide bonds. The van der Waals surface area contributed by atoms with Crippen LogP contribution in [0.25, 0.3) is 0 Å². The Bertz CT molecular complexity index is 771. The maximum atomic E-state index is 14.0. The van der Waals surface area contributed by atoms with Crippen LogP contribution in [-0.2, 0) is 10.2 Å². The zero-order valence-electron chi connectivity index (χ0n) is 12.5. The molecule has 2 aromatic carbocycles. The van der Waals surface area contributed by atoms with Crippen LogP contribution in [-0.4, -0.2) is 19.1 Å². The van der Waals surface area contributed by atoms with E-state index in [4.69, 9.17) is 9.47 Å². The molecular weight excluding hydrogens is 297 g/mol. The molecule has 23 heavy (non-hydrogen) atoms. The molecule has 0 atom stereocenters. The van der Waals surface area contributed by atoms with Crippen molar-refractivity contribution in [3.05, 3.63) is 53.8 Å². The average molecular weight is 313 g/mol. The average Bonchev–Trinajstić information content (AvgIpc) is 3.37. The van der Waals surface area contributed by atoms with Crippen LogP contribution in [0.2, 0.25) is 0 Å². The van der Waals surface area contributed by atoms with Gasteiger partial charge in [0.05, 0.1) is 5.41 Å². The third-order valence-electron chi connectivity index (χ3n) is 4.37. The molecule has 118 valence electrons. The Labute approximate surface area is 133 Å². The summed E-state index contributed by atoms with van der Waals surface area (Å²) in [5.41, 5.74) is 0.343. The molecule has 0 bridgehead atoms. The van der Waals surface area contributed by atoms with Gasteiger partial charge in [-0.15, -0.1) is 0 Å². The largest absolute Gasteiger partial charge is 0.486 e. The van der Waals surface area contributed by atoms with Gasteiger partial charge < -0.3 is 14.8 Å². The third kappa shape index (κ3) is 2.42. The highest BCUT2D eigenvalue weighted by molar-refractivity contribution is 6.01. The highest BCUT2D eigenvalue weighted by atomic mass is 19.1. The van der Waals surface area contributed by atoms with Crippen LogP contribution < -0.4 is 14.8 Å². The molecule has 0 unspecified atom stereocenters. The summed E-state index contributed by atoms with van der Waals surface area (Å²) in [5.74, 6) is 0.774. The Morgan fingerprint density at radius 1 is 1.04 bits per heavy atom. The highest BCUT2D eigenvalue weighted by Gasteiger charge is 2.52. The van der Waals surface area contributed by atoms with Gasteiger partial charge in [-0.05, 0) is 31.0 Å². The minimum atomic E-state index is -0.751. The normalized spacial score (nSPS) is 17.4. The number of carbonyl (C=O) groups excluding carboxylic acids is 1. The van der Waals surface area contributed by atoms with Gasteiger partial charge in [-0.1, -0.05) is 18.2 Å². The van der Waals surface area contributed by atoms with Crippen LogP contribution in [0.4, 0.5) is 10.1 Å². The predicted octanol–water partition coefficient (Wildman–Crippen LogP) is 3.27. The third-order valence-corrected chi connectivity index (χ3v) is 4.37. The van der Waals surface area contributed by atoms with Crippen molar-refractivity contribution in [1.29, 1.82) is 0 Å². The van der Waals surface area contributed by atoms with Crippen LogP contribution in [0, 0.1) is 5.82 Å². The van der Waals surface area contributed by atoms with E-state index in [9.17, 15) is 9.18 Å². The fourth-order valence-electron chi connectivity index (χ4n) is 2.96. The first-order valence-electron chi connectivity index (χ1n) is 7.65. The number of ether oxygens (including phenoxy) is 2. The van der Waals surface area contributed by atoms with E-state index < -0.39 is 5.41 Å². The first kappa shape index (κ1) is 14.1. The monoisotopic (exact) mass is 313 g/mol. The summed E-state index contributed by atoms with van der Waals surface area (Å²) in [7, 11) is 0. The number of rotatable bonds is 3. The molecule has 5 heteroatoms. The Hall–Kier alpha value is -2.56. The van der Waals surface area contributed by atoms with Crippen molar-refractivity contribution in [3.8, 4) is 11.5 Å². The van der Waals surface area contributed by atoms with Gasteiger partial charge in [-0.25, -0.2) is 4.39 Å². The first-order chi connectivity index (χ1) is 11.2. The van der Waals surface area contributed by atoms with E-state index in [-0.39, 0.29) is 11.7 Å². The number of fused-ring (bicyclic) bond motifs is 1. The van der Waals surface area contributed by atoms with E-state index in [1.807, 2.05) is 0 Å². The Morgan fingerprint density at radius 2 is 1.78 bits per heavy atom. The number of amides is 1. The second-order valence-electron chi connectivity index (χ2n) is 5.87. The zero-order chi connectivity index (χ0) is 15.9. The summed E-state index contributed by atoms with van der Waals surface area (Å²) in [5, 5.41) is 2.88. The topological polar surface area (TPSA) is 47.6 Å². The Morgan fingerprint density at radius 3 is 2.52 bits per heavy atom. The second kappa shape index (κ2) is 5.26. The van der Waals surface area contributed by atoms with Crippen molar-refractivity contribution in [3.63, 3.8) is 0 Å². The quantitative estimate of drug-likeness (QED) is 0.946. The number of carbonyl (C=O) groups is 1. The summed E-state index contributed by atoms with van der Waals surface area (Å²) >= 11 is 0. The van der Waals surface area contributed by atoms with Gasteiger partial charge in [-0.2, -0.15) is 0 Å². The van der Waals surface area contributed by atoms with E-state index in [2.05, 4.69) is 5.32 Å². The number of nitrogens with one attached hydrogen (secondary N) is 1. The van der Waals surface area contributed by atoms with Gasteiger partial charge >= 0.3 is 0 Å². The number of hydrogen-bond donors (Lipinski definition) is 1. The fraction of sp³-hybridized carbons (Fsp3) is 0.278. The molecule has 0 saturated heterocycles. The summed E-state index contributed by atoms with van der Waals surface area (Å²) in [6, 6.07) is 11.8. The highest BCUT2D eigenvalue weighted by Crippen LogP contribution is 2.50. The molecule has 1 fully saturated rings. The van der Waals surface area contributed by atoms with Crippen LogP contribution >= 0.6 is 0 Å². The molecule has 1 heterocycles. The molecule has 2 aromatic rings. The molecule has 0 spiro atoms. The molecule has 1 aliphatic heterocycles. The van der Waals surface area contributed by atoms with Crippen molar-refractivity contribution in [2.75, 3.05) is 18.5 Å². The van der Waals surface area contributed by atoms with Crippen molar-refractivity contribution in [2.24, 2.45) is 0 Å². The van der Waals surface area contributed by atoms with Crippen molar-refractivity contribution in [1.82, 2.24) is 0 Å². The van der Waals surface area contributed by atoms with Gasteiger partial charge in [0.15, 0.2) is 11.5 Å². The van der Waals surface area contributed by atoms with Gasteiger partial charge in [-0.3, -0.25) is 4.79 Å². The van der Waals surface area contributed by atoms with Crippen molar-refractivity contribution < 1.29 is 18.7 Å². The van der Waals surface area contributed by atoms with E-state index in [0.717, 1.165) is 0 Å². The fourth-order valence-corrected chi connectivity index (χ4v) is 2.96. The lowest BCUT2D eigenvalue weighted by molar-refractivity contribution is -0.118. The number of halogens is 1. The molecule has 2 aliphatic rings.